The lowest BCUT2D eigenvalue weighted by atomic mass is 10.2. The molecule has 0 aliphatic rings. The summed E-state index contributed by atoms with van der Waals surface area (Å²) >= 11 is 0. The van der Waals surface area contributed by atoms with Crippen LogP contribution in [0.1, 0.15) is 13.8 Å². The molecule has 15 heavy (non-hydrogen) atoms. The van der Waals surface area contributed by atoms with Crippen molar-refractivity contribution in [1.82, 2.24) is 0 Å². The molecule has 0 heterocycles. The van der Waals surface area contributed by atoms with Crippen molar-refractivity contribution in [3.05, 3.63) is 29.8 Å². The Bertz CT molecular complexity index is 317. The molecular formula is C11H15F2NO. The number of hydrogen-bond donors (Lipinski definition) is 1. The molecule has 0 saturated heterocycles. The molecule has 1 unspecified atom stereocenters. The van der Waals surface area contributed by atoms with E-state index in [1.807, 2.05) is 13.8 Å². The first-order chi connectivity index (χ1) is 7.13. The van der Waals surface area contributed by atoms with Crippen LogP contribution in [0.15, 0.2) is 18.2 Å². The average Bonchev–Trinajstić information content (AvgIpc) is 2.19. The first-order valence-electron chi connectivity index (χ1n) is 4.92. The first kappa shape index (κ1) is 11.9. The molecule has 2 nitrogen and oxygen atoms in total. The van der Waals surface area contributed by atoms with E-state index in [4.69, 9.17) is 4.74 Å². The second kappa shape index (κ2) is 5.66. The van der Waals surface area contributed by atoms with Gasteiger partial charge in [0.2, 0.25) is 0 Å². The van der Waals surface area contributed by atoms with Gasteiger partial charge in [-0.3, -0.25) is 0 Å². The lowest BCUT2D eigenvalue weighted by Gasteiger charge is -2.15. The molecule has 0 amide bonds. The fourth-order valence-electron chi connectivity index (χ4n) is 1.21. The fraction of sp³-hybridized carbons (Fsp3) is 0.455. The van der Waals surface area contributed by atoms with E-state index in [0.29, 0.717) is 18.9 Å². The summed E-state index contributed by atoms with van der Waals surface area (Å²) in [5, 5.41) is 2.91. The molecule has 0 aliphatic carbocycles. The highest BCUT2D eigenvalue weighted by molar-refractivity contribution is 5.45. The van der Waals surface area contributed by atoms with Crippen molar-refractivity contribution in [3.63, 3.8) is 0 Å². The van der Waals surface area contributed by atoms with Gasteiger partial charge in [0, 0.05) is 18.7 Å². The highest BCUT2D eigenvalue weighted by Gasteiger charge is 2.06. The highest BCUT2D eigenvalue weighted by atomic mass is 19.1. The number of anilines is 1. The molecule has 1 N–H and O–H groups in total. The van der Waals surface area contributed by atoms with Crippen molar-refractivity contribution >= 4 is 5.69 Å². The average molecular weight is 215 g/mol. The van der Waals surface area contributed by atoms with E-state index < -0.39 is 11.6 Å². The van der Waals surface area contributed by atoms with E-state index in [1.165, 1.54) is 12.1 Å². The Balaban J connectivity index is 2.56. The molecule has 0 radical (unpaired) electrons. The Hall–Kier alpha value is -1.16. The van der Waals surface area contributed by atoms with Gasteiger partial charge in [0.15, 0.2) is 0 Å². The molecule has 1 atom stereocenters. The normalized spacial score (nSPS) is 12.5. The molecule has 0 aromatic heterocycles. The summed E-state index contributed by atoms with van der Waals surface area (Å²) < 4.78 is 31.0. The number of hydrogen-bond acceptors (Lipinski definition) is 2. The summed E-state index contributed by atoms with van der Waals surface area (Å²) in [7, 11) is 0. The van der Waals surface area contributed by atoms with Crippen LogP contribution in [0.2, 0.25) is 0 Å². The second-order valence-corrected chi connectivity index (χ2v) is 3.33. The van der Waals surface area contributed by atoms with Crippen LogP contribution in [-0.2, 0) is 4.74 Å². The van der Waals surface area contributed by atoms with E-state index in [2.05, 4.69) is 5.32 Å². The molecule has 0 bridgehead atoms. The molecule has 0 saturated carbocycles. The lowest BCUT2D eigenvalue weighted by Crippen LogP contribution is -2.22. The fourth-order valence-corrected chi connectivity index (χ4v) is 1.21. The molecule has 84 valence electrons. The third-order valence-corrected chi connectivity index (χ3v) is 1.91. The predicted molar refractivity (Wildman–Crippen MR) is 55.9 cm³/mol. The molecule has 0 fully saturated rings. The topological polar surface area (TPSA) is 21.3 Å². The minimum Gasteiger partial charge on any atom is -0.380 e. The number of rotatable bonds is 5. The quantitative estimate of drug-likeness (QED) is 0.815. The number of ether oxygens (including phenoxy) is 1. The third kappa shape index (κ3) is 3.83. The van der Waals surface area contributed by atoms with Crippen LogP contribution in [-0.4, -0.2) is 19.3 Å². The van der Waals surface area contributed by atoms with Crippen molar-refractivity contribution in [2.24, 2.45) is 0 Å². The number of nitrogens with one attached hydrogen (secondary N) is 1. The SMILES string of the molecule is CCOCC(C)Nc1ccc(F)cc1F. The summed E-state index contributed by atoms with van der Waals surface area (Å²) in [5.41, 5.74) is 0.295. The maximum atomic E-state index is 13.2. The Morgan fingerprint density at radius 2 is 2.13 bits per heavy atom. The van der Waals surface area contributed by atoms with Crippen molar-refractivity contribution in [2.45, 2.75) is 19.9 Å². The molecule has 0 spiro atoms. The summed E-state index contributed by atoms with van der Waals surface area (Å²) in [6, 6.07) is 3.45. The maximum Gasteiger partial charge on any atom is 0.149 e. The van der Waals surface area contributed by atoms with Crippen molar-refractivity contribution < 1.29 is 13.5 Å². The van der Waals surface area contributed by atoms with Gasteiger partial charge in [0.05, 0.1) is 12.3 Å². The zero-order valence-electron chi connectivity index (χ0n) is 8.89. The van der Waals surface area contributed by atoms with E-state index in [1.54, 1.807) is 0 Å². The summed E-state index contributed by atoms with van der Waals surface area (Å²) in [4.78, 5) is 0. The van der Waals surface area contributed by atoms with E-state index in [-0.39, 0.29) is 6.04 Å². The zero-order chi connectivity index (χ0) is 11.3. The molecule has 4 heteroatoms. The third-order valence-electron chi connectivity index (χ3n) is 1.91. The van der Waals surface area contributed by atoms with Crippen LogP contribution >= 0.6 is 0 Å². The molecule has 1 aromatic carbocycles. The summed E-state index contributed by atoms with van der Waals surface area (Å²) in [6.07, 6.45) is 0. The van der Waals surface area contributed by atoms with Crippen LogP contribution in [0, 0.1) is 11.6 Å². The van der Waals surface area contributed by atoms with Gasteiger partial charge in [0.1, 0.15) is 11.6 Å². The van der Waals surface area contributed by atoms with Crippen LogP contribution in [0.25, 0.3) is 0 Å². The van der Waals surface area contributed by atoms with Gasteiger partial charge in [-0.15, -0.1) is 0 Å². The van der Waals surface area contributed by atoms with Gasteiger partial charge in [-0.1, -0.05) is 0 Å². The molecule has 1 aromatic rings. The monoisotopic (exact) mass is 215 g/mol. The first-order valence-corrected chi connectivity index (χ1v) is 4.92. The van der Waals surface area contributed by atoms with Crippen LogP contribution in [0.5, 0.6) is 0 Å². The van der Waals surface area contributed by atoms with Crippen molar-refractivity contribution in [3.8, 4) is 0 Å². The van der Waals surface area contributed by atoms with Gasteiger partial charge >= 0.3 is 0 Å². The number of benzene rings is 1. The Morgan fingerprint density at radius 1 is 1.40 bits per heavy atom. The second-order valence-electron chi connectivity index (χ2n) is 3.33. The standard InChI is InChI=1S/C11H15F2NO/c1-3-15-7-8(2)14-11-5-4-9(12)6-10(11)13/h4-6,8,14H,3,7H2,1-2H3. The molecular weight excluding hydrogens is 200 g/mol. The lowest BCUT2D eigenvalue weighted by molar-refractivity contribution is 0.141. The van der Waals surface area contributed by atoms with Gasteiger partial charge < -0.3 is 10.1 Å². The van der Waals surface area contributed by atoms with E-state index in [9.17, 15) is 8.78 Å². The van der Waals surface area contributed by atoms with Crippen LogP contribution in [0.4, 0.5) is 14.5 Å². The molecule has 0 aliphatic heterocycles. The van der Waals surface area contributed by atoms with Crippen LogP contribution in [0.3, 0.4) is 0 Å². The smallest absolute Gasteiger partial charge is 0.149 e. The van der Waals surface area contributed by atoms with Gasteiger partial charge in [-0.25, -0.2) is 8.78 Å². The highest BCUT2D eigenvalue weighted by Crippen LogP contribution is 2.15. The van der Waals surface area contributed by atoms with Gasteiger partial charge in [-0.2, -0.15) is 0 Å². The predicted octanol–water partition coefficient (Wildman–Crippen LogP) is 2.80. The summed E-state index contributed by atoms with van der Waals surface area (Å²) in [5.74, 6) is -1.16. The van der Waals surface area contributed by atoms with Gasteiger partial charge in [-0.05, 0) is 26.0 Å². The minimum absolute atomic E-state index is 0.00934. The Morgan fingerprint density at radius 3 is 2.73 bits per heavy atom. The zero-order valence-corrected chi connectivity index (χ0v) is 8.89. The molecule has 1 rings (SSSR count). The van der Waals surface area contributed by atoms with Crippen molar-refractivity contribution in [1.29, 1.82) is 0 Å². The van der Waals surface area contributed by atoms with Crippen molar-refractivity contribution in [2.75, 3.05) is 18.5 Å². The summed E-state index contributed by atoms with van der Waals surface area (Å²) in [6.45, 7) is 4.88. The van der Waals surface area contributed by atoms with E-state index >= 15 is 0 Å². The minimum atomic E-state index is -0.585. The van der Waals surface area contributed by atoms with E-state index in [0.717, 1.165) is 6.07 Å². The van der Waals surface area contributed by atoms with Gasteiger partial charge in [0.25, 0.3) is 0 Å². The maximum absolute atomic E-state index is 13.2. The number of halogens is 2. The largest absolute Gasteiger partial charge is 0.380 e. The van der Waals surface area contributed by atoms with Crippen LogP contribution < -0.4 is 5.32 Å². The Kier molecular flexibility index (Phi) is 4.49. The Labute approximate surface area is 88.3 Å².